The molecule has 0 bridgehead atoms. The van der Waals surface area contributed by atoms with Crippen molar-refractivity contribution in [3.8, 4) is 6.07 Å². The van der Waals surface area contributed by atoms with Gasteiger partial charge in [-0.2, -0.15) is 5.26 Å². The van der Waals surface area contributed by atoms with Gasteiger partial charge in [0.05, 0.1) is 11.6 Å². The van der Waals surface area contributed by atoms with E-state index in [0.29, 0.717) is 22.4 Å². The summed E-state index contributed by atoms with van der Waals surface area (Å²) in [6.07, 6.45) is 0.820. The van der Waals surface area contributed by atoms with Gasteiger partial charge < -0.3 is 10.2 Å². The van der Waals surface area contributed by atoms with Crippen molar-refractivity contribution < 1.29 is 9.59 Å². The van der Waals surface area contributed by atoms with Crippen molar-refractivity contribution in [1.29, 1.82) is 5.26 Å². The van der Waals surface area contributed by atoms with E-state index < -0.39 is 0 Å². The molecule has 0 aliphatic carbocycles. The van der Waals surface area contributed by atoms with Crippen molar-refractivity contribution in [3.63, 3.8) is 0 Å². The Hall–Kier alpha value is -3.91. The quantitative estimate of drug-likeness (QED) is 0.731. The maximum Gasteiger partial charge on any atom is 0.258 e. The minimum atomic E-state index is -0.306. The van der Waals surface area contributed by atoms with Crippen molar-refractivity contribution in [2.24, 2.45) is 0 Å². The summed E-state index contributed by atoms with van der Waals surface area (Å²) in [5.74, 6) is -0.422. The van der Waals surface area contributed by atoms with Crippen LogP contribution in [0.25, 0.3) is 0 Å². The van der Waals surface area contributed by atoms with Crippen LogP contribution in [0.1, 0.15) is 38.8 Å². The number of nitrogens with one attached hydrogen (secondary N) is 1. The third-order valence-corrected chi connectivity index (χ3v) is 5.07. The van der Waals surface area contributed by atoms with Crippen LogP contribution in [-0.2, 0) is 6.42 Å². The minimum absolute atomic E-state index is 0.0658. The fourth-order valence-electron chi connectivity index (χ4n) is 3.64. The van der Waals surface area contributed by atoms with E-state index >= 15 is 0 Å². The van der Waals surface area contributed by atoms with Crippen LogP contribution in [0.15, 0.2) is 72.8 Å². The maximum atomic E-state index is 13.2. The number of anilines is 2. The van der Waals surface area contributed by atoms with E-state index in [-0.39, 0.29) is 17.9 Å². The largest absolute Gasteiger partial charge is 0.322 e. The second-order valence-corrected chi connectivity index (χ2v) is 7.08. The fourth-order valence-corrected chi connectivity index (χ4v) is 3.64. The van der Waals surface area contributed by atoms with Gasteiger partial charge in [0.25, 0.3) is 11.8 Å². The Kier molecular flexibility index (Phi) is 4.84. The second-order valence-electron chi connectivity index (χ2n) is 7.08. The number of nitriles is 1. The molecule has 1 aliphatic rings. The number of fused-ring (bicyclic) bond motifs is 1. The van der Waals surface area contributed by atoms with Crippen molar-refractivity contribution in [3.05, 3.63) is 95.1 Å². The number of rotatable bonds is 3. The zero-order valence-corrected chi connectivity index (χ0v) is 15.9. The summed E-state index contributed by atoms with van der Waals surface area (Å²) in [6.45, 7) is 2.03. The molecule has 1 unspecified atom stereocenters. The molecule has 142 valence electrons. The van der Waals surface area contributed by atoms with Gasteiger partial charge >= 0.3 is 0 Å². The van der Waals surface area contributed by atoms with Gasteiger partial charge in [0.2, 0.25) is 0 Å². The van der Waals surface area contributed by atoms with Crippen molar-refractivity contribution >= 4 is 23.2 Å². The Morgan fingerprint density at radius 3 is 2.48 bits per heavy atom. The normalized spacial score (nSPS) is 14.8. The van der Waals surface area contributed by atoms with Gasteiger partial charge in [0.1, 0.15) is 0 Å². The lowest BCUT2D eigenvalue weighted by atomic mass is 10.1. The Balaban J connectivity index is 1.56. The Bertz CT molecular complexity index is 1130. The van der Waals surface area contributed by atoms with Gasteiger partial charge in [-0.1, -0.05) is 24.3 Å². The average molecular weight is 381 g/mol. The van der Waals surface area contributed by atoms with Gasteiger partial charge in [-0.3, -0.25) is 9.59 Å². The van der Waals surface area contributed by atoms with Crippen LogP contribution in [0, 0.1) is 11.3 Å². The lowest BCUT2D eigenvalue weighted by molar-refractivity contribution is 0.0981. The van der Waals surface area contributed by atoms with Crippen LogP contribution >= 0.6 is 0 Å². The highest BCUT2D eigenvalue weighted by molar-refractivity contribution is 6.10. The standard InChI is InChI=1S/C24H19N3O2/c1-16-13-18-5-2-3-8-22(18)27(16)24(29)20-7-4-6-19(14-20)23(28)26-21-11-9-17(15-25)10-12-21/h2-12,14,16H,13H2,1H3,(H,26,28). The van der Waals surface area contributed by atoms with E-state index in [0.717, 1.165) is 17.7 Å². The van der Waals surface area contributed by atoms with Gasteiger partial charge in [-0.25, -0.2) is 0 Å². The highest BCUT2D eigenvalue weighted by Gasteiger charge is 2.31. The first-order chi connectivity index (χ1) is 14.1. The van der Waals surface area contributed by atoms with Gasteiger partial charge in [-0.05, 0) is 67.4 Å². The van der Waals surface area contributed by atoms with E-state index in [9.17, 15) is 9.59 Å². The van der Waals surface area contributed by atoms with Crippen LogP contribution in [0.4, 0.5) is 11.4 Å². The van der Waals surface area contributed by atoms with E-state index in [1.54, 1.807) is 53.4 Å². The van der Waals surface area contributed by atoms with Crippen molar-refractivity contribution in [1.82, 2.24) is 0 Å². The maximum absolute atomic E-state index is 13.2. The molecule has 5 heteroatoms. The Morgan fingerprint density at radius 1 is 1.00 bits per heavy atom. The molecule has 0 fully saturated rings. The lowest BCUT2D eigenvalue weighted by Crippen LogP contribution is -2.35. The van der Waals surface area contributed by atoms with Crippen LogP contribution in [0.2, 0.25) is 0 Å². The summed E-state index contributed by atoms with van der Waals surface area (Å²) < 4.78 is 0. The summed E-state index contributed by atoms with van der Waals surface area (Å²) >= 11 is 0. The zero-order valence-electron chi connectivity index (χ0n) is 15.9. The molecule has 0 saturated carbocycles. The lowest BCUT2D eigenvalue weighted by Gasteiger charge is -2.23. The number of hydrogen-bond acceptors (Lipinski definition) is 3. The zero-order chi connectivity index (χ0) is 20.4. The van der Waals surface area contributed by atoms with Crippen molar-refractivity contribution in [2.75, 3.05) is 10.2 Å². The highest BCUT2D eigenvalue weighted by atomic mass is 16.2. The summed E-state index contributed by atoms with van der Waals surface area (Å²) in [5, 5.41) is 11.7. The third kappa shape index (κ3) is 3.61. The molecule has 1 N–H and O–H groups in total. The van der Waals surface area contributed by atoms with Gasteiger partial charge in [0.15, 0.2) is 0 Å². The molecular formula is C24H19N3O2. The first kappa shape index (κ1) is 18.5. The van der Waals surface area contributed by atoms with E-state index in [4.69, 9.17) is 5.26 Å². The molecule has 0 spiro atoms. The number of benzene rings is 3. The summed E-state index contributed by atoms with van der Waals surface area (Å²) in [7, 11) is 0. The van der Waals surface area contributed by atoms with Crippen LogP contribution in [0.5, 0.6) is 0 Å². The molecule has 3 aromatic rings. The van der Waals surface area contributed by atoms with E-state index in [1.807, 2.05) is 37.3 Å². The average Bonchev–Trinajstić information content (AvgIpc) is 3.09. The fraction of sp³-hybridized carbons (Fsp3) is 0.125. The smallest absolute Gasteiger partial charge is 0.258 e. The molecule has 4 rings (SSSR count). The summed E-state index contributed by atoms with van der Waals surface area (Å²) in [6, 6.07) is 23.4. The molecule has 5 nitrogen and oxygen atoms in total. The SMILES string of the molecule is CC1Cc2ccccc2N1C(=O)c1cccc(C(=O)Nc2ccc(C#N)cc2)c1. The van der Waals surface area contributed by atoms with Crippen LogP contribution in [0.3, 0.4) is 0 Å². The number of nitrogens with zero attached hydrogens (tertiary/aromatic N) is 2. The highest BCUT2D eigenvalue weighted by Crippen LogP contribution is 2.33. The molecule has 2 amide bonds. The summed E-state index contributed by atoms with van der Waals surface area (Å²) in [4.78, 5) is 27.6. The third-order valence-electron chi connectivity index (χ3n) is 5.07. The van der Waals surface area contributed by atoms with E-state index in [1.165, 1.54) is 0 Å². The molecule has 0 saturated heterocycles. The van der Waals surface area contributed by atoms with Crippen LogP contribution < -0.4 is 10.2 Å². The number of amides is 2. The first-order valence-corrected chi connectivity index (χ1v) is 9.40. The van der Waals surface area contributed by atoms with Crippen LogP contribution in [-0.4, -0.2) is 17.9 Å². The summed E-state index contributed by atoms with van der Waals surface area (Å²) in [5.41, 5.74) is 4.07. The van der Waals surface area contributed by atoms with E-state index in [2.05, 4.69) is 5.32 Å². The molecular weight excluding hydrogens is 362 g/mol. The Labute approximate surface area is 169 Å². The molecule has 1 heterocycles. The first-order valence-electron chi connectivity index (χ1n) is 9.40. The molecule has 3 aromatic carbocycles. The number of para-hydroxylation sites is 1. The molecule has 1 atom stereocenters. The molecule has 29 heavy (non-hydrogen) atoms. The monoisotopic (exact) mass is 381 g/mol. The number of carbonyl (C=O) groups is 2. The minimum Gasteiger partial charge on any atom is -0.322 e. The molecule has 0 radical (unpaired) electrons. The topological polar surface area (TPSA) is 73.2 Å². The predicted molar refractivity (Wildman–Crippen MR) is 112 cm³/mol. The second kappa shape index (κ2) is 7.61. The van der Waals surface area contributed by atoms with Crippen molar-refractivity contribution in [2.45, 2.75) is 19.4 Å². The molecule has 0 aromatic heterocycles. The number of hydrogen-bond donors (Lipinski definition) is 1. The molecule has 1 aliphatic heterocycles. The predicted octanol–water partition coefficient (Wildman–Crippen LogP) is 4.40. The number of carbonyl (C=O) groups excluding carboxylic acids is 2. The van der Waals surface area contributed by atoms with Gasteiger partial charge in [-0.15, -0.1) is 0 Å². The van der Waals surface area contributed by atoms with Gasteiger partial charge in [0, 0.05) is 28.5 Å². The Morgan fingerprint density at radius 2 is 1.72 bits per heavy atom.